The molecular weight excluding hydrogens is 847 g/mol. The summed E-state index contributed by atoms with van der Waals surface area (Å²) in [5.41, 5.74) is 1.32. The van der Waals surface area contributed by atoms with Crippen LogP contribution in [-0.4, -0.2) is 128 Å². The van der Waals surface area contributed by atoms with Crippen LogP contribution in [0.5, 0.6) is 11.5 Å². The van der Waals surface area contributed by atoms with Crippen molar-refractivity contribution in [1.29, 1.82) is 0 Å². The number of ether oxygens (including phenoxy) is 6. The maximum Gasteiger partial charge on any atom is 0.262 e. The predicted molar refractivity (Wildman–Crippen MR) is 216 cm³/mol. The smallest absolute Gasteiger partial charge is 0.262 e. The second kappa shape index (κ2) is 21.4. The van der Waals surface area contributed by atoms with Crippen molar-refractivity contribution in [3.8, 4) is 22.6 Å². The first-order chi connectivity index (χ1) is 29.0. The third-order valence-electron chi connectivity index (χ3n) is 8.93. The van der Waals surface area contributed by atoms with Crippen LogP contribution < -0.4 is 20.1 Å². The molecule has 5 amide bonds. The maximum atomic E-state index is 15.2. The molecule has 0 saturated carbocycles. The van der Waals surface area contributed by atoms with Gasteiger partial charge in [0.2, 0.25) is 16.9 Å². The highest BCUT2D eigenvalue weighted by Crippen LogP contribution is 2.38. The number of benzene rings is 2. The third kappa shape index (κ3) is 11.2. The van der Waals surface area contributed by atoms with E-state index in [-0.39, 0.29) is 69.8 Å². The summed E-state index contributed by atoms with van der Waals surface area (Å²) >= 11 is 8.65. The number of aromatic nitrogens is 3. The van der Waals surface area contributed by atoms with Gasteiger partial charge in [-0.25, -0.2) is 4.39 Å². The van der Waals surface area contributed by atoms with E-state index in [1.807, 2.05) is 0 Å². The number of fused-ring (bicyclic) bond motifs is 1. The zero-order valence-electron chi connectivity index (χ0n) is 32.5. The Balaban J connectivity index is 0.783. The number of hydrogen-bond donors (Lipinski definition) is 2. The van der Waals surface area contributed by atoms with E-state index in [0.717, 1.165) is 4.90 Å². The van der Waals surface area contributed by atoms with E-state index < -0.39 is 41.4 Å². The van der Waals surface area contributed by atoms with E-state index in [0.29, 0.717) is 67.8 Å². The van der Waals surface area contributed by atoms with E-state index in [4.69, 9.17) is 40.0 Å². The van der Waals surface area contributed by atoms with E-state index in [2.05, 4.69) is 25.8 Å². The van der Waals surface area contributed by atoms with Gasteiger partial charge in [0.1, 0.15) is 24.1 Å². The Labute approximate surface area is 356 Å². The fourth-order valence-electron chi connectivity index (χ4n) is 6.09. The minimum Gasteiger partial charge on any atom is -0.496 e. The summed E-state index contributed by atoms with van der Waals surface area (Å²) in [7, 11) is 1.40. The molecule has 0 radical (unpaired) electrons. The molecule has 318 valence electrons. The number of carbonyl (C=O) groups is 5. The van der Waals surface area contributed by atoms with Gasteiger partial charge >= 0.3 is 0 Å². The first kappa shape index (κ1) is 44.5. The van der Waals surface area contributed by atoms with E-state index in [9.17, 15) is 24.0 Å². The van der Waals surface area contributed by atoms with Gasteiger partial charge in [0, 0.05) is 29.6 Å². The Hall–Kier alpha value is -5.09. The summed E-state index contributed by atoms with van der Waals surface area (Å²) in [6.07, 6.45) is 1.49. The minimum absolute atomic E-state index is 0.0476. The molecule has 4 heterocycles. The quantitative estimate of drug-likeness (QED) is 0.0479. The standard InChI is InChI=1S/C39H40ClFN6O11S2/c1-22-19-25(32-30(53-2)7-5-28(40)33(32)41)27(21-42-22)34(49)44-38-45-46-39(60-38)59-18-17-57-14-13-55-10-9-54-11-12-56-15-16-58-23-3-4-24-26(20-23)37(52)47(36(24)51)29-6-8-31(48)43-35(29)50/h3-5,7,19-21,29H,6,8-18H2,1-2H3,(H,43,48,50)(H,44,45,49). The van der Waals surface area contributed by atoms with Crippen LogP contribution in [0.15, 0.2) is 46.9 Å². The number of rotatable bonds is 22. The molecule has 1 unspecified atom stereocenters. The lowest BCUT2D eigenvalue weighted by Crippen LogP contribution is -2.54. The van der Waals surface area contributed by atoms with Gasteiger partial charge in [-0.15, -0.1) is 10.2 Å². The van der Waals surface area contributed by atoms with Gasteiger partial charge in [-0.3, -0.25) is 44.5 Å². The molecule has 0 spiro atoms. The Morgan fingerprint density at radius 3 is 2.30 bits per heavy atom. The van der Waals surface area contributed by atoms with Gasteiger partial charge in [0.05, 0.1) is 87.2 Å². The maximum absolute atomic E-state index is 15.2. The predicted octanol–water partition coefficient (Wildman–Crippen LogP) is 4.60. The Kier molecular flexibility index (Phi) is 15.9. The third-order valence-corrected chi connectivity index (χ3v) is 11.2. The molecule has 0 aliphatic carbocycles. The van der Waals surface area contributed by atoms with E-state index >= 15 is 4.39 Å². The van der Waals surface area contributed by atoms with Crippen LogP contribution in [0, 0.1) is 12.7 Å². The van der Waals surface area contributed by atoms with Crippen molar-refractivity contribution in [3.63, 3.8) is 0 Å². The monoisotopic (exact) mass is 886 g/mol. The number of piperidine rings is 1. The molecule has 2 aliphatic rings. The first-order valence-electron chi connectivity index (χ1n) is 18.6. The van der Waals surface area contributed by atoms with Crippen LogP contribution in [0.4, 0.5) is 9.52 Å². The summed E-state index contributed by atoms with van der Waals surface area (Å²) in [6.45, 7) is 4.82. The van der Waals surface area contributed by atoms with Gasteiger partial charge in [-0.2, -0.15) is 0 Å². The summed E-state index contributed by atoms with van der Waals surface area (Å²) < 4.78 is 49.0. The van der Waals surface area contributed by atoms with Crippen LogP contribution in [0.1, 0.15) is 49.6 Å². The molecule has 1 fully saturated rings. The fourth-order valence-corrected chi connectivity index (χ4v) is 7.92. The molecule has 1 saturated heterocycles. The number of hydrogen-bond acceptors (Lipinski definition) is 16. The molecular formula is C39H40ClFN6O11S2. The molecule has 60 heavy (non-hydrogen) atoms. The van der Waals surface area contributed by atoms with Gasteiger partial charge in [-0.1, -0.05) is 34.7 Å². The van der Waals surface area contributed by atoms with Crippen molar-refractivity contribution in [2.45, 2.75) is 30.1 Å². The second-order valence-corrected chi connectivity index (χ2v) is 15.7. The number of pyridine rings is 1. The second-order valence-electron chi connectivity index (χ2n) is 12.9. The number of nitrogens with zero attached hydrogens (tertiary/aromatic N) is 4. The van der Waals surface area contributed by atoms with Crippen molar-refractivity contribution in [3.05, 3.63) is 75.8 Å². The van der Waals surface area contributed by atoms with Crippen molar-refractivity contribution in [2.24, 2.45) is 0 Å². The summed E-state index contributed by atoms with van der Waals surface area (Å²) in [4.78, 5) is 67.9. The van der Waals surface area contributed by atoms with Crippen molar-refractivity contribution in [2.75, 3.05) is 77.6 Å². The van der Waals surface area contributed by atoms with Crippen molar-refractivity contribution < 1.29 is 56.8 Å². The molecule has 1 atom stereocenters. The molecule has 4 aromatic rings. The van der Waals surface area contributed by atoms with Gasteiger partial charge in [0.25, 0.3) is 17.7 Å². The average molecular weight is 887 g/mol. The van der Waals surface area contributed by atoms with Crippen LogP contribution in [0.25, 0.3) is 11.1 Å². The number of thioether (sulfide) groups is 1. The number of methoxy groups -OCH3 is 1. The largest absolute Gasteiger partial charge is 0.496 e. The van der Waals surface area contributed by atoms with Crippen LogP contribution >= 0.6 is 34.7 Å². The highest BCUT2D eigenvalue weighted by Gasteiger charge is 2.44. The number of anilines is 1. The Morgan fingerprint density at radius 1 is 0.917 bits per heavy atom. The molecule has 2 aliphatic heterocycles. The van der Waals surface area contributed by atoms with Gasteiger partial charge in [0.15, 0.2) is 10.2 Å². The summed E-state index contributed by atoms with van der Waals surface area (Å²) in [6, 6.07) is 7.99. The fraction of sp³-hybridized carbons (Fsp3) is 0.385. The van der Waals surface area contributed by atoms with Crippen LogP contribution in [-0.2, 0) is 28.5 Å². The molecule has 17 nitrogen and oxygen atoms in total. The molecule has 6 rings (SSSR count). The SMILES string of the molecule is COc1ccc(Cl)c(F)c1-c1cc(C)ncc1C(=O)Nc1nnc(SCCOCCOCCOCCOCCOc2ccc3c(c2)C(=O)N(C2CCC(=O)NC2=O)C3=O)s1. The van der Waals surface area contributed by atoms with Gasteiger partial charge < -0.3 is 28.4 Å². The topological polar surface area (TPSA) is 207 Å². The van der Waals surface area contributed by atoms with E-state index in [1.54, 1.807) is 19.1 Å². The highest BCUT2D eigenvalue weighted by atomic mass is 35.5. The zero-order chi connectivity index (χ0) is 42.6. The molecule has 2 aromatic carbocycles. The highest BCUT2D eigenvalue weighted by molar-refractivity contribution is 8.01. The number of aryl methyl sites for hydroxylation is 1. The molecule has 2 N–H and O–H groups in total. The average Bonchev–Trinajstić information content (AvgIpc) is 3.78. The van der Waals surface area contributed by atoms with Crippen molar-refractivity contribution in [1.82, 2.24) is 25.4 Å². The lowest BCUT2D eigenvalue weighted by molar-refractivity contribution is -0.136. The minimum atomic E-state index is -1.03. The normalized spacial score (nSPS) is 15.0. The molecule has 0 bridgehead atoms. The van der Waals surface area contributed by atoms with Crippen LogP contribution in [0.3, 0.4) is 0 Å². The number of carbonyl (C=O) groups excluding carboxylic acids is 5. The zero-order valence-corrected chi connectivity index (χ0v) is 34.8. The van der Waals surface area contributed by atoms with Gasteiger partial charge in [-0.05, 0) is 49.7 Å². The Bertz CT molecular complexity index is 2230. The Morgan fingerprint density at radius 2 is 1.60 bits per heavy atom. The number of imide groups is 2. The number of halogens is 2. The lowest BCUT2D eigenvalue weighted by Gasteiger charge is -2.27. The number of amides is 5. The molecule has 2 aromatic heterocycles. The summed E-state index contributed by atoms with van der Waals surface area (Å²) in [5, 5.41) is 13.2. The van der Waals surface area contributed by atoms with Crippen molar-refractivity contribution >= 4 is 69.4 Å². The van der Waals surface area contributed by atoms with Crippen LogP contribution in [0.2, 0.25) is 5.02 Å². The first-order valence-corrected chi connectivity index (χ1v) is 20.8. The summed E-state index contributed by atoms with van der Waals surface area (Å²) in [5.74, 6) is -2.36. The molecule has 21 heteroatoms. The van der Waals surface area contributed by atoms with E-state index in [1.165, 1.54) is 60.7 Å². The lowest BCUT2D eigenvalue weighted by atomic mass is 9.98. The number of nitrogens with one attached hydrogen (secondary N) is 2.